The average Bonchev–Trinajstić information content (AvgIpc) is 2.20. The normalized spacial score (nSPS) is 9.77. The molecule has 0 aromatic carbocycles. The Bertz CT molecular complexity index is 96.3. The summed E-state index contributed by atoms with van der Waals surface area (Å²) >= 11 is 0. The largest absolute Gasteiger partial charge is 0.255 e. The highest BCUT2D eigenvalue weighted by Gasteiger charge is 1.99. The Balaban J connectivity index is -0.000000218. The van der Waals surface area contributed by atoms with Crippen LogP contribution in [0.5, 0.6) is 0 Å². The van der Waals surface area contributed by atoms with Crippen molar-refractivity contribution in [1.82, 2.24) is 0 Å². The fourth-order valence-corrected chi connectivity index (χ4v) is 0.707. The minimum Gasteiger partial charge on any atom is -0.255 e. The van der Waals surface area contributed by atoms with Crippen molar-refractivity contribution in [1.29, 1.82) is 0 Å². The molecule has 0 saturated heterocycles. The van der Waals surface area contributed by atoms with Gasteiger partial charge in [-0.25, -0.2) is 4.39 Å². The first-order chi connectivity index (χ1) is 6.22. The molecule has 0 radical (unpaired) electrons. The van der Waals surface area contributed by atoms with Crippen LogP contribution < -0.4 is 0 Å². The van der Waals surface area contributed by atoms with Crippen molar-refractivity contribution in [2.75, 3.05) is 13.9 Å². The fraction of sp³-hybridized carbons (Fsp3) is 0.818. The smallest absolute Gasteiger partial charge is 0.111 e. The van der Waals surface area contributed by atoms with E-state index in [1.807, 2.05) is 40.7 Å². The van der Waals surface area contributed by atoms with E-state index in [0.717, 1.165) is 12.0 Å². The van der Waals surface area contributed by atoms with Crippen LogP contribution in [0.25, 0.3) is 0 Å². The highest BCUT2D eigenvalue weighted by atomic mass is 19.1. The van der Waals surface area contributed by atoms with E-state index in [1.165, 1.54) is 0 Å². The molecule has 0 aliphatic rings. The van der Waals surface area contributed by atoms with Gasteiger partial charge in [-0.15, -0.1) is 0 Å². The van der Waals surface area contributed by atoms with E-state index >= 15 is 0 Å². The SMILES string of the molecule is CC.CC/C=C(\CF)C(C)C.CF. The lowest BCUT2D eigenvalue weighted by atomic mass is 10.0. The van der Waals surface area contributed by atoms with Crippen LogP contribution in [0.3, 0.4) is 0 Å². The monoisotopic (exact) mass is 194 g/mol. The second-order valence-corrected chi connectivity index (χ2v) is 2.48. The van der Waals surface area contributed by atoms with Gasteiger partial charge in [0.25, 0.3) is 0 Å². The van der Waals surface area contributed by atoms with Crippen molar-refractivity contribution in [3.63, 3.8) is 0 Å². The molecule has 0 aromatic heterocycles. The Morgan fingerprint density at radius 2 is 1.62 bits per heavy atom. The van der Waals surface area contributed by atoms with Gasteiger partial charge < -0.3 is 0 Å². The Morgan fingerprint density at radius 1 is 1.23 bits per heavy atom. The van der Waals surface area contributed by atoms with Crippen LogP contribution in [0.2, 0.25) is 0 Å². The predicted octanol–water partition coefficient (Wildman–Crippen LogP) is 4.56. The van der Waals surface area contributed by atoms with Crippen LogP contribution in [0.1, 0.15) is 41.0 Å². The molecule has 0 heterocycles. The van der Waals surface area contributed by atoms with Gasteiger partial charge in [0.15, 0.2) is 0 Å². The third-order valence-electron chi connectivity index (χ3n) is 1.36. The van der Waals surface area contributed by atoms with Gasteiger partial charge in [-0.1, -0.05) is 40.7 Å². The average molecular weight is 194 g/mol. The van der Waals surface area contributed by atoms with E-state index in [2.05, 4.69) is 0 Å². The highest BCUT2D eigenvalue weighted by Crippen LogP contribution is 2.09. The van der Waals surface area contributed by atoms with Crippen LogP contribution >= 0.6 is 0 Å². The van der Waals surface area contributed by atoms with Crippen LogP contribution in [0.4, 0.5) is 8.78 Å². The van der Waals surface area contributed by atoms with Gasteiger partial charge in [0.2, 0.25) is 0 Å². The third kappa shape index (κ3) is 14.5. The summed E-state index contributed by atoms with van der Waals surface area (Å²) in [5.74, 6) is 0.370. The molecule has 0 N–H and O–H groups in total. The molecule has 0 atom stereocenters. The molecular formula is C11H24F2. The molecule has 0 amide bonds. The van der Waals surface area contributed by atoms with Crippen molar-refractivity contribution in [2.24, 2.45) is 5.92 Å². The van der Waals surface area contributed by atoms with Gasteiger partial charge in [-0.05, 0) is 17.9 Å². The fourth-order valence-electron chi connectivity index (χ4n) is 0.707. The van der Waals surface area contributed by atoms with Crippen molar-refractivity contribution < 1.29 is 8.78 Å². The maximum absolute atomic E-state index is 12.0. The van der Waals surface area contributed by atoms with Gasteiger partial charge in [-0.3, -0.25) is 4.39 Å². The number of halogens is 2. The summed E-state index contributed by atoms with van der Waals surface area (Å²) in [7, 11) is 0.500. The quantitative estimate of drug-likeness (QED) is 0.578. The molecule has 0 rings (SSSR count). The molecule has 0 nitrogen and oxygen atoms in total. The van der Waals surface area contributed by atoms with Crippen molar-refractivity contribution in [3.05, 3.63) is 11.6 Å². The summed E-state index contributed by atoms with van der Waals surface area (Å²) < 4.78 is 21.5. The zero-order chi connectivity index (χ0) is 11.3. The van der Waals surface area contributed by atoms with Crippen LogP contribution in [-0.4, -0.2) is 13.9 Å². The minimum absolute atomic E-state index is 0.286. The van der Waals surface area contributed by atoms with Crippen LogP contribution in [0, 0.1) is 5.92 Å². The molecule has 0 saturated carbocycles. The van der Waals surface area contributed by atoms with Gasteiger partial charge in [0.1, 0.15) is 6.67 Å². The Kier molecular flexibility index (Phi) is 24.9. The number of rotatable bonds is 3. The maximum atomic E-state index is 12.0. The molecule has 0 spiro atoms. The second kappa shape index (κ2) is 17.6. The molecule has 0 bridgehead atoms. The molecule has 13 heavy (non-hydrogen) atoms. The Labute approximate surface area is 82.0 Å². The topological polar surface area (TPSA) is 0 Å². The molecule has 0 aliphatic carbocycles. The first-order valence-corrected chi connectivity index (χ1v) is 4.85. The zero-order valence-corrected chi connectivity index (χ0v) is 9.82. The number of hydrogen-bond acceptors (Lipinski definition) is 0. The van der Waals surface area contributed by atoms with Gasteiger partial charge >= 0.3 is 0 Å². The van der Waals surface area contributed by atoms with Gasteiger partial charge in [0, 0.05) is 0 Å². The predicted molar refractivity (Wildman–Crippen MR) is 57.6 cm³/mol. The lowest BCUT2D eigenvalue weighted by Gasteiger charge is -2.04. The van der Waals surface area contributed by atoms with Crippen molar-refractivity contribution >= 4 is 0 Å². The molecule has 0 fully saturated rings. The Morgan fingerprint density at radius 3 is 1.69 bits per heavy atom. The minimum atomic E-state index is -0.286. The van der Waals surface area contributed by atoms with Crippen LogP contribution in [-0.2, 0) is 0 Å². The zero-order valence-electron chi connectivity index (χ0n) is 9.82. The van der Waals surface area contributed by atoms with E-state index in [4.69, 9.17) is 0 Å². The molecular weight excluding hydrogens is 170 g/mol. The van der Waals surface area contributed by atoms with E-state index in [-0.39, 0.29) is 6.67 Å². The van der Waals surface area contributed by atoms with Gasteiger partial charge in [-0.2, -0.15) is 0 Å². The first kappa shape index (κ1) is 18.4. The lowest BCUT2D eigenvalue weighted by molar-refractivity contribution is 0.507. The molecule has 2 heteroatoms. The second-order valence-electron chi connectivity index (χ2n) is 2.48. The molecule has 0 aliphatic heterocycles. The summed E-state index contributed by atoms with van der Waals surface area (Å²) in [5.41, 5.74) is 0.928. The number of hydrogen-bond donors (Lipinski definition) is 0. The lowest BCUT2D eigenvalue weighted by Crippen LogP contribution is -1.95. The summed E-state index contributed by atoms with van der Waals surface area (Å²) in [6.45, 7) is 9.77. The third-order valence-corrected chi connectivity index (χ3v) is 1.36. The summed E-state index contributed by atoms with van der Waals surface area (Å²) in [6.07, 6.45) is 2.90. The maximum Gasteiger partial charge on any atom is 0.111 e. The van der Waals surface area contributed by atoms with E-state index in [1.54, 1.807) is 0 Å². The molecule has 0 unspecified atom stereocenters. The number of alkyl halides is 2. The summed E-state index contributed by atoms with van der Waals surface area (Å²) in [4.78, 5) is 0. The van der Waals surface area contributed by atoms with E-state index in [9.17, 15) is 8.78 Å². The first-order valence-electron chi connectivity index (χ1n) is 4.85. The van der Waals surface area contributed by atoms with Crippen molar-refractivity contribution in [3.8, 4) is 0 Å². The van der Waals surface area contributed by atoms with Crippen molar-refractivity contribution in [2.45, 2.75) is 41.0 Å². The Hall–Kier alpha value is -0.400. The summed E-state index contributed by atoms with van der Waals surface area (Å²) in [5, 5.41) is 0. The highest BCUT2D eigenvalue weighted by molar-refractivity contribution is 5.04. The van der Waals surface area contributed by atoms with E-state index in [0.29, 0.717) is 13.1 Å². The molecule has 82 valence electrons. The summed E-state index contributed by atoms with van der Waals surface area (Å²) in [6, 6.07) is 0. The number of allylic oxidation sites excluding steroid dienone is 2. The van der Waals surface area contributed by atoms with Crippen LogP contribution in [0.15, 0.2) is 11.6 Å². The van der Waals surface area contributed by atoms with Gasteiger partial charge in [0.05, 0.1) is 7.18 Å². The molecule has 0 aromatic rings. The van der Waals surface area contributed by atoms with E-state index < -0.39 is 0 Å². The standard InChI is InChI=1S/C8H15F.C2H6.CH3F/c1-4-5-8(6-9)7(2)3;2*1-2/h5,7H,4,6H2,1-3H3;1-2H3;1H3/b8-5+;;.